The molecule has 0 radical (unpaired) electrons. The molecule has 2 unspecified atom stereocenters. The van der Waals surface area contributed by atoms with E-state index < -0.39 is 0 Å². The third kappa shape index (κ3) is 3.04. The highest BCUT2D eigenvalue weighted by molar-refractivity contribution is 5.98. The van der Waals surface area contributed by atoms with E-state index in [4.69, 9.17) is 15.2 Å². The van der Waals surface area contributed by atoms with E-state index in [1.54, 1.807) is 23.1 Å². The first-order valence-corrected chi connectivity index (χ1v) is 8.88. The van der Waals surface area contributed by atoms with E-state index in [-0.39, 0.29) is 30.7 Å². The predicted molar refractivity (Wildman–Crippen MR) is 90.4 cm³/mol. The molecule has 2 atom stereocenters. The number of benzene rings is 1. The van der Waals surface area contributed by atoms with E-state index in [0.717, 1.165) is 25.8 Å². The van der Waals surface area contributed by atoms with Crippen LogP contribution < -0.4 is 15.2 Å². The molecular weight excluding hydrogens is 322 g/mol. The molecule has 0 saturated carbocycles. The molecule has 0 bridgehead atoms. The van der Waals surface area contributed by atoms with E-state index in [1.807, 2.05) is 4.90 Å². The summed E-state index contributed by atoms with van der Waals surface area (Å²) in [5.41, 5.74) is 6.53. The second kappa shape index (κ2) is 6.55. The molecular formula is C18H23N3O4. The van der Waals surface area contributed by atoms with Crippen LogP contribution in [-0.2, 0) is 4.79 Å². The van der Waals surface area contributed by atoms with Crippen LogP contribution in [0.3, 0.4) is 0 Å². The highest BCUT2D eigenvalue weighted by Crippen LogP contribution is 2.33. The van der Waals surface area contributed by atoms with Gasteiger partial charge in [-0.15, -0.1) is 0 Å². The first-order valence-electron chi connectivity index (χ1n) is 8.88. The zero-order valence-corrected chi connectivity index (χ0v) is 14.1. The minimum atomic E-state index is -0.386. The number of amides is 2. The molecule has 7 heteroatoms. The minimum absolute atomic E-state index is 0.0294. The number of nitrogens with zero attached hydrogens (tertiary/aromatic N) is 2. The van der Waals surface area contributed by atoms with Crippen molar-refractivity contribution in [3.63, 3.8) is 0 Å². The summed E-state index contributed by atoms with van der Waals surface area (Å²) >= 11 is 0. The van der Waals surface area contributed by atoms with Crippen LogP contribution in [0, 0.1) is 0 Å². The lowest BCUT2D eigenvalue weighted by Crippen LogP contribution is -2.53. The smallest absolute Gasteiger partial charge is 0.254 e. The molecule has 2 fully saturated rings. The van der Waals surface area contributed by atoms with Gasteiger partial charge in [0.25, 0.3) is 5.91 Å². The van der Waals surface area contributed by atoms with Gasteiger partial charge in [0.1, 0.15) is 6.04 Å². The van der Waals surface area contributed by atoms with Gasteiger partial charge in [0.05, 0.1) is 0 Å². The summed E-state index contributed by atoms with van der Waals surface area (Å²) < 4.78 is 10.6. The summed E-state index contributed by atoms with van der Waals surface area (Å²) in [5, 5.41) is 0. The monoisotopic (exact) mass is 345 g/mol. The number of rotatable bonds is 2. The van der Waals surface area contributed by atoms with Crippen LogP contribution in [0.1, 0.15) is 36.0 Å². The molecule has 1 aromatic rings. The van der Waals surface area contributed by atoms with Gasteiger partial charge in [-0.2, -0.15) is 0 Å². The van der Waals surface area contributed by atoms with Crippen LogP contribution in [0.15, 0.2) is 18.2 Å². The lowest BCUT2D eigenvalue weighted by molar-refractivity contribution is -0.136. The number of likely N-dealkylation sites (tertiary alicyclic amines) is 2. The number of hydrogen-bond donors (Lipinski definition) is 1. The Hall–Kier alpha value is -2.28. The number of carbonyl (C=O) groups excluding carboxylic acids is 2. The van der Waals surface area contributed by atoms with Crippen LogP contribution in [0.25, 0.3) is 0 Å². The Morgan fingerprint density at radius 2 is 1.88 bits per heavy atom. The van der Waals surface area contributed by atoms with Crippen molar-refractivity contribution in [3.8, 4) is 11.5 Å². The van der Waals surface area contributed by atoms with Crippen LogP contribution in [0.5, 0.6) is 11.5 Å². The molecule has 1 aromatic carbocycles. The summed E-state index contributed by atoms with van der Waals surface area (Å²) in [5.74, 6) is 1.13. The molecule has 3 aliphatic heterocycles. The molecule has 3 heterocycles. The highest BCUT2D eigenvalue weighted by atomic mass is 16.7. The Balaban J connectivity index is 1.50. The average Bonchev–Trinajstić information content (AvgIpc) is 3.29. The summed E-state index contributed by atoms with van der Waals surface area (Å²) in [6.07, 6.45) is 3.43. The zero-order chi connectivity index (χ0) is 17.4. The van der Waals surface area contributed by atoms with Crippen molar-refractivity contribution in [2.24, 2.45) is 5.73 Å². The molecule has 4 rings (SSSR count). The fourth-order valence-electron chi connectivity index (χ4n) is 3.88. The van der Waals surface area contributed by atoms with Gasteiger partial charge in [-0.1, -0.05) is 0 Å². The SMILES string of the molecule is NC1CCCN(C(=O)C2CCCN2C(=O)c2ccc3c(c2)OCO3)C1. The lowest BCUT2D eigenvalue weighted by atomic mass is 10.0. The molecule has 25 heavy (non-hydrogen) atoms. The second-order valence-corrected chi connectivity index (χ2v) is 6.91. The summed E-state index contributed by atoms with van der Waals surface area (Å²) in [7, 11) is 0. The van der Waals surface area contributed by atoms with Crippen LogP contribution >= 0.6 is 0 Å². The Morgan fingerprint density at radius 1 is 1.08 bits per heavy atom. The number of nitrogens with two attached hydrogens (primary N) is 1. The van der Waals surface area contributed by atoms with Gasteiger partial charge in [-0.3, -0.25) is 9.59 Å². The van der Waals surface area contributed by atoms with Gasteiger partial charge in [-0.05, 0) is 43.9 Å². The number of carbonyl (C=O) groups is 2. The molecule has 7 nitrogen and oxygen atoms in total. The Kier molecular flexibility index (Phi) is 4.25. The van der Waals surface area contributed by atoms with E-state index >= 15 is 0 Å². The first-order chi connectivity index (χ1) is 12.1. The van der Waals surface area contributed by atoms with Crippen molar-refractivity contribution >= 4 is 11.8 Å². The molecule has 2 N–H and O–H groups in total. The fraction of sp³-hybridized carbons (Fsp3) is 0.556. The summed E-state index contributed by atoms with van der Waals surface area (Å²) in [6.45, 7) is 2.09. The van der Waals surface area contributed by atoms with Crippen LogP contribution in [-0.4, -0.2) is 60.1 Å². The van der Waals surface area contributed by atoms with E-state index in [2.05, 4.69) is 0 Å². The zero-order valence-electron chi connectivity index (χ0n) is 14.1. The number of hydrogen-bond acceptors (Lipinski definition) is 5. The maximum atomic E-state index is 12.9. The molecule has 0 aromatic heterocycles. The molecule has 0 aliphatic carbocycles. The van der Waals surface area contributed by atoms with Gasteiger partial charge in [0.2, 0.25) is 12.7 Å². The van der Waals surface area contributed by atoms with Crippen molar-refractivity contribution in [2.45, 2.75) is 37.8 Å². The number of piperidine rings is 1. The van der Waals surface area contributed by atoms with Crippen molar-refractivity contribution < 1.29 is 19.1 Å². The van der Waals surface area contributed by atoms with Crippen molar-refractivity contribution in [2.75, 3.05) is 26.4 Å². The predicted octanol–water partition coefficient (Wildman–Crippen LogP) is 0.970. The normalized spacial score (nSPS) is 25.3. The van der Waals surface area contributed by atoms with Crippen molar-refractivity contribution in [3.05, 3.63) is 23.8 Å². The Labute approximate surface area is 146 Å². The molecule has 2 amide bonds. The maximum Gasteiger partial charge on any atom is 0.254 e. The van der Waals surface area contributed by atoms with Gasteiger partial charge >= 0.3 is 0 Å². The minimum Gasteiger partial charge on any atom is -0.454 e. The molecule has 134 valence electrons. The summed E-state index contributed by atoms with van der Waals surface area (Å²) in [6, 6.07) is 4.82. The van der Waals surface area contributed by atoms with Crippen LogP contribution in [0.2, 0.25) is 0 Å². The third-order valence-corrected chi connectivity index (χ3v) is 5.19. The summed E-state index contributed by atoms with van der Waals surface area (Å²) in [4.78, 5) is 29.4. The highest BCUT2D eigenvalue weighted by Gasteiger charge is 2.38. The first kappa shape index (κ1) is 16.2. The van der Waals surface area contributed by atoms with Gasteiger partial charge in [0, 0.05) is 31.2 Å². The van der Waals surface area contributed by atoms with Crippen molar-refractivity contribution in [1.82, 2.24) is 9.80 Å². The second-order valence-electron chi connectivity index (χ2n) is 6.91. The van der Waals surface area contributed by atoms with Gasteiger partial charge in [-0.25, -0.2) is 0 Å². The van der Waals surface area contributed by atoms with Crippen molar-refractivity contribution in [1.29, 1.82) is 0 Å². The standard InChI is InChI=1S/C18H23N3O4/c19-13-3-1-7-20(10-13)18(23)14-4-2-8-21(14)17(22)12-5-6-15-16(9-12)25-11-24-15/h5-6,9,13-14H,1-4,7-8,10-11,19H2. The molecule has 3 aliphatic rings. The average molecular weight is 345 g/mol. The Morgan fingerprint density at radius 3 is 2.72 bits per heavy atom. The van der Waals surface area contributed by atoms with Crippen LogP contribution in [0.4, 0.5) is 0 Å². The topological polar surface area (TPSA) is 85.1 Å². The largest absolute Gasteiger partial charge is 0.454 e. The Bertz CT molecular complexity index is 693. The fourth-order valence-corrected chi connectivity index (χ4v) is 3.88. The maximum absolute atomic E-state index is 12.9. The molecule has 0 spiro atoms. The van der Waals surface area contributed by atoms with Gasteiger partial charge < -0.3 is 25.0 Å². The van der Waals surface area contributed by atoms with Gasteiger partial charge in [0.15, 0.2) is 11.5 Å². The number of ether oxygens (including phenoxy) is 2. The number of fused-ring (bicyclic) bond motifs is 1. The van der Waals surface area contributed by atoms with E-state index in [1.165, 1.54) is 0 Å². The quantitative estimate of drug-likeness (QED) is 0.863. The lowest BCUT2D eigenvalue weighted by Gasteiger charge is -2.35. The third-order valence-electron chi connectivity index (χ3n) is 5.19. The van der Waals surface area contributed by atoms with E-state index in [9.17, 15) is 9.59 Å². The van der Waals surface area contributed by atoms with E-state index in [0.29, 0.717) is 36.6 Å². The molecule has 2 saturated heterocycles.